The number of aryl methyl sites for hydroxylation is 1. The van der Waals surface area contributed by atoms with Crippen LogP contribution in [0.15, 0.2) is 54.6 Å². The number of carbonyl (C=O) groups excluding carboxylic acids is 1. The Morgan fingerprint density at radius 2 is 1.69 bits per heavy atom. The van der Waals surface area contributed by atoms with Crippen LogP contribution in [0.3, 0.4) is 0 Å². The second kappa shape index (κ2) is 7.48. The molecule has 1 unspecified atom stereocenters. The molecule has 5 nitrogen and oxygen atoms in total. The van der Waals surface area contributed by atoms with Gasteiger partial charge in [0.1, 0.15) is 5.82 Å². The second-order valence-corrected chi connectivity index (χ2v) is 8.10. The maximum Gasteiger partial charge on any atom is 0.249 e. The summed E-state index contributed by atoms with van der Waals surface area (Å²) in [6, 6.07) is 19.0. The fourth-order valence-electron chi connectivity index (χ4n) is 4.83. The third-order valence-electron chi connectivity index (χ3n) is 6.44. The van der Waals surface area contributed by atoms with Crippen molar-refractivity contribution in [2.75, 3.05) is 31.1 Å². The van der Waals surface area contributed by atoms with Gasteiger partial charge in [-0.3, -0.25) is 9.69 Å². The number of hydrogen-bond acceptors (Lipinski definition) is 4. The van der Waals surface area contributed by atoms with E-state index in [1.807, 2.05) is 30.3 Å². The van der Waals surface area contributed by atoms with Crippen LogP contribution < -0.4 is 10.6 Å². The fourth-order valence-corrected chi connectivity index (χ4v) is 4.83. The zero-order valence-corrected chi connectivity index (χ0v) is 16.6. The van der Waals surface area contributed by atoms with Crippen molar-refractivity contribution < 1.29 is 4.79 Å². The van der Waals surface area contributed by atoms with Crippen LogP contribution in [-0.2, 0) is 12.8 Å². The largest absolute Gasteiger partial charge is 0.366 e. The van der Waals surface area contributed by atoms with Crippen molar-refractivity contribution in [3.8, 4) is 0 Å². The zero-order chi connectivity index (χ0) is 19.8. The molecule has 1 atom stereocenters. The van der Waals surface area contributed by atoms with Crippen LogP contribution in [0.4, 0.5) is 5.82 Å². The molecule has 2 N–H and O–H groups in total. The molecule has 0 bridgehead atoms. The van der Waals surface area contributed by atoms with E-state index >= 15 is 0 Å². The molecule has 1 aliphatic carbocycles. The van der Waals surface area contributed by atoms with E-state index in [0.29, 0.717) is 11.6 Å². The molecule has 3 aromatic rings. The average molecular weight is 386 g/mol. The molecule has 1 amide bonds. The van der Waals surface area contributed by atoms with E-state index in [1.165, 1.54) is 24.0 Å². The highest BCUT2D eigenvalue weighted by Gasteiger charge is 2.28. The van der Waals surface area contributed by atoms with Gasteiger partial charge in [-0.2, -0.15) is 0 Å². The van der Waals surface area contributed by atoms with E-state index in [2.05, 4.69) is 34.1 Å². The minimum atomic E-state index is -0.399. The van der Waals surface area contributed by atoms with Crippen LogP contribution in [0.5, 0.6) is 0 Å². The second-order valence-electron chi connectivity index (χ2n) is 8.10. The van der Waals surface area contributed by atoms with E-state index in [9.17, 15) is 4.79 Å². The first kappa shape index (κ1) is 18.1. The summed E-state index contributed by atoms with van der Waals surface area (Å²) in [5.74, 6) is 0.454. The molecule has 29 heavy (non-hydrogen) atoms. The number of anilines is 1. The van der Waals surface area contributed by atoms with Gasteiger partial charge in [0.25, 0.3) is 0 Å². The van der Waals surface area contributed by atoms with Gasteiger partial charge in [-0.1, -0.05) is 42.5 Å². The molecule has 148 valence electrons. The van der Waals surface area contributed by atoms with Crippen LogP contribution in [0.1, 0.15) is 27.9 Å². The Kier molecular flexibility index (Phi) is 4.68. The van der Waals surface area contributed by atoms with Gasteiger partial charge in [0.05, 0.1) is 11.1 Å². The topological polar surface area (TPSA) is 62.5 Å². The van der Waals surface area contributed by atoms with Crippen molar-refractivity contribution in [2.24, 2.45) is 5.73 Å². The number of nitrogens with two attached hydrogens (primary N) is 1. The molecule has 1 saturated heterocycles. The fraction of sp³-hybridized carbons (Fsp3) is 0.333. The molecule has 0 spiro atoms. The number of nitrogens with zero attached hydrogens (tertiary/aromatic N) is 3. The normalized spacial score (nSPS) is 19.9. The highest BCUT2D eigenvalue weighted by atomic mass is 16.1. The van der Waals surface area contributed by atoms with Gasteiger partial charge in [-0.05, 0) is 42.5 Å². The maximum atomic E-state index is 12.0. The van der Waals surface area contributed by atoms with E-state index in [4.69, 9.17) is 10.7 Å². The van der Waals surface area contributed by atoms with Crippen LogP contribution in [0, 0.1) is 0 Å². The zero-order valence-electron chi connectivity index (χ0n) is 16.6. The van der Waals surface area contributed by atoms with Gasteiger partial charge in [0.15, 0.2) is 0 Å². The van der Waals surface area contributed by atoms with Gasteiger partial charge in [-0.25, -0.2) is 4.98 Å². The number of para-hydroxylation sites is 1. The third-order valence-corrected chi connectivity index (χ3v) is 6.44. The maximum absolute atomic E-state index is 12.0. The number of fused-ring (bicyclic) bond motifs is 2. The summed E-state index contributed by atoms with van der Waals surface area (Å²) in [4.78, 5) is 21.7. The number of carbonyl (C=O) groups is 1. The highest BCUT2D eigenvalue weighted by molar-refractivity contribution is 6.06. The van der Waals surface area contributed by atoms with Crippen molar-refractivity contribution in [3.05, 3.63) is 71.3 Å². The predicted molar refractivity (Wildman–Crippen MR) is 116 cm³/mol. The van der Waals surface area contributed by atoms with Gasteiger partial charge >= 0.3 is 0 Å². The highest BCUT2D eigenvalue weighted by Crippen LogP contribution is 2.27. The number of amides is 1. The predicted octanol–water partition coefficient (Wildman–Crippen LogP) is 3.01. The SMILES string of the molecule is NC(=O)c1cc(N2CCN(C3CCc4ccccc4C3)CC2)nc2ccccc12. The van der Waals surface area contributed by atoms with E-state index < -0.39 is 5.91 Å². The lowest BCUT2D eigenvalue weighted by atomic mass is 9.87. The van der Waals surface area contributed by atoms with Gasteiger partial charge < -0.3 is 10.6 Å². The Hall–Kier alpha value is -2.92. The number of primary amides is 1. The molecule has 2 aliphatic rings. The standard InChI is InChI=1S/C24H26N4O/c25-24(29)21-16-23(26-22-8-4-3-7-20(21)22)28-13-11-27(12-14-28)19-10-9-17-5-1-2-6-18(17)15-19/h1-8,16,19H,9-15H2,(H2,25,29). The molecule has 0 saturated carbocycles. The number of pyridine rings is 1. The van der Waals surface area contributed by atoms with Gasteiger partial charge in [-0.15, -0.1) is 0 Å². The summed E-state index contributed by atoms with van der Waals surface area (Å²) in [5.41, 5.74) is 10.0. The number of rotatable bonds is 3. The van der Waals surface area contributed by atoms with Crippen LogP contribution >= 0.6 is 0 Å². The minimum Gasteiger partial charge on any atom is -0.366 e. The molecule has 0 radical (unpaired) electrons. The van der Waals surface area contributed by atoms with E-state index in [-0.39, 0.29) is 0 Å². The smallest absolute Gasteiger partial charge is 0.249 e. The Morgan fingerprint density at radius 3 is 2.48 bits per heavy atom. The number of hydrogen-bond donors (Lipinski definition) is 1. The Balaban J connectivity index is 1.32. The minimum absolute atomic E-state index is 0.399. The summed E-state index contributed by atoms with van der Waals surface area (Å²) < 4.78 is 0. The first-order valence-corrected chi connectivity index (χ1v) is 10.4. The van der Waals surface area contributed by atoms with Crippen molar-refractivity contribution in [3.63, 3.8) is 0 Å². The Labute approximate surface area is 171 Å². The van der Waals surface area contributed by atoms with E-state index in [1.54, 1.807) is 0 Å². The van der Waals surface area contributed by atoms with E-state index in [0.717, 1.165) is 49.3 Å². The molecule has 1 fully saturated rings. The summed E-state index contributed by atoms with van der Waals surface area (Å²) in [6.07, 6.45) is 3.56. The quantitative estimate of drug-likeness (QED) is 0.752. The summed E-state index contributed by atoms with van der Waals surface area (Å²) >= 11 is 0. The van der Waals surface area contributed by atoms with Crippen molar-refractivity contribution >= 4 is 22.6 Å². The van der Waals surface area contributed by atoms with Crippen LogP contribution in [0.25, 0.3) is 10.9 Å². The number of aromatic nitrogens is 1. The first-order valence-electron chi connectivity index (χ1n) is 10.4. The van der Waals surface area contributed by atoms with Crippen molar-refractivity contribution in [1.82, 2.24) is 9.88 Å². The molecule has 2 heterocycles. The molecular formula is C24H26N4O. The lowest BCUT2D eigenvalue weighted by molar-refractivity contribution is 0.100. The first-order chi connectivity index (χ1) is 14.2. The van der Waals surface area contributed by atoms with Gasteiger partial charge in [0, 0.05) is 37.6 Å². The number of benzene rings is 2. The molecular weight excluding hydrogens is 360 g/mol. The molecule has 5 rings (SSSR count). The summed E-state index contributed by atoms with van der Waals surface area (Å²) in [6.45, 7) is 3.88. The van der Waals surface area contributed by atoms with Gasteiger partial charge in [0.2, 0.25) is 5.91 Å². The lowest BCUT2D eigenvalue weighted by Gasteiger charge is -2.41. The molecule has 1 aromatic heterocycles. The van der Waals surface area contributed by atoms with Crippen molar-refractivity contribution in [1.29, 1.82) is 0 Å². The average Bonchev–Trinajstić information content (AvgIpc) is 2.78. The third kappa shape index (κ3) is 3.47. The lowest BCUT2D eigenvalue weighted by Crippen LogP contribution is -2.52. The number of piperazine rings is 1. The Bertz CT molecular complexity index is 1060. The van der Waals surface area contributed by atoms with Crippen molar-refractivity contribution in [2.45, 2.75) is 25.3 Å². The summed E-state index contributed by atoms with van der Waals surface area (Å²) in [7, 11) is 0. The summed E-state index contributed by atoms with van der Waals surface area (Å²) in [5, 5.41) is 0.822. The molecule has 5 heteroatoms. The molecule has 2 aromatic carbocycles. The van der Waals surface area contributed by atoms with Crippen LogP contribution in [0.2, 0.25) is 0 Å². The Morgan fingerprint density at radius 1 is 0.966 bits per heavy atom. The molecule has 1 aliphatic heterocycles. The van der Waals surface area contributed by atoms with Crippen LogP contribution in [-0.4, -0.2) is 48.0 Å². The monoisotopic (exact) mass is 386 g/mol.